The molecule has 0 saturated heterocycles. The number of aromatic nitrogens is 1. The fourth-order valence-electron chi connectivity index (χ4n) is 0.495. The van der Waals surface area contributed by atoms with Crippen LogP contribution in [0, 0.1) is 0 Å². The van der Waals surface area contributed by atoms with Gasteiger partial charge in [-0.05, 0) is 15.9 Å². The van der Waals surface area contributed by atoms with Gasteiger partial charge in [0.15, 0.2) is 5.13 Å². The first-order valence-corrected chi connectivity index (χ1v) is 4.46. The Labute approximate surface area is 72.1 Å². The molecule has 0 amide bonds. The van der Waals surface area contributed by atoms with Crippen molar-refractivity contribution in [1.29, 1.82) is 0 Å². The highest BCUT2D eigenvalue weighted by molar-refractivity contribution is 9.10. The third-order valence-corrected chi connectivity index (χ3v) is 2.38. The molecule has 0 unspecified atom stereocenters. The van der Waals surface area contributed by atoms with Crippen LogP contribution in [0.5, 0.6) is 0 Å². The first-order valence-electron chi connectivity index (χ1n) is 2.78. The lowest BCUT2D eigenvalue weighted by atomic mass is 10.6. The molecule has 10 heavy (non-hydrogen) atoms. The summed E-state index contributed by atoms with van der Waals surface area (Å²) in [6, 6.07) is 0. The smallest absolute Gasteiger partial charge is 0.183 e. The van der Waals surface area contributed by atoms with Gasteiger partial charge < -0.3 is 5.32 Å². The average Bonchev–Trinajstić information content (AvgIpc) is 2.31. The summed E-state index contributed by atoms with van der Waals surface area (Å²) in [5.74, 6) is 0. The molecule has 0 atom stereocenters. The summed E-state index contributed by atoms with van der Waals surface area (Å²) >= 11 is 4.83. The van der Waals surface area contributed by atoms with Gasteiger partial charge in [0.2, 0.25) is 0 Å². The van der Waals surface area contributed by atoms with E-state index in [9.17, 15) is 0 Å². The molecular formula is C6H7BrN2S. The van der Waals surface area contributed by atoms with Gasteiger partial charge in [-0.15, -0.1) is 17.9 Å². The number of thiazole rings is 1. The minimum absolute atomic E-state index is 0.764. The molecule has 0 spiro atoms. The lowest BCUT2D eigenvalue weighted by Crippen LogP contribution is -1.95. The van der Waals surface area contributed by atoms with Crippen LogP contribution in [0.3, 0.4) is 0 Å². The maximum atomic E-state index is 4.12. The molecule has 0 fully saturated rings. The molecule has 0 aliphatic heterocycles. The molecule has 2 nitrogen and oxygen atoms in total. The molecule has 0 aliphatic carbocycles. The van der Waals surface area contributed by atoms with Crippen LogP contribution in [-0.4, -0.2) is 11.5 Å². The number of rotatable bonds is 3. The van der Waals surface area contributed by atoms with Crippen LogP contribution in [-0.2, 0) is 0 Å². The zero-order valence-corrected chi connectivity index (χ0v) is 7.70. The molecule has 4 heteroatoms. The molecule has 0 aromatic carbocycles. The zero-order valence-electron chi connectivity index (χ0n) is 5.30. The SMILES string of the molecule is C=CCNc1nc(Br)cs1. The summed E-state index contributed by atoms with van der Waals surface area (Å²) in [6.07, 6.45) is 1.80. The fraction of sp³-hybridized carbons (Fsp3) is 0.167. The van der Waals surface area contributed by atoms with Crippen molar-refractivity contribution in [1.82, 2.24) is 4.98 Å². The van der Waals surface area contributed by atoms with E-state index < -0.39 is 0 Å². The van der Waals surface area contributed by atoms with Gasteiger partial charge in [0.1, 0.15) is 4.60 Å². The minimum Gasteiger partial charge on any atom is -0.358 e. The van der Waals surface area contributed by atoms with Crippen molar-refractivity contribution in [3.8, 4) is 0 Å². The number of hydrogen-bond acceptors (Lipinski definition) is 3. The van der Waals surface area contributed by atoms with Crippen molar-refractivity contribution in [3.05, 3.63) is 22.6 Å². The summed E-state index contributed by atoms with van der Waals surface area (Å²) in [4.78, 5) is 4.12. The maximum absolute atomic E-state index is 4.12. The van der Waals surface area contributed by atoms with Crippen LogP contribution < -0.4 is 5.32 Å². The summed E-state index contributed by atoms with van der Waals surface area (Å²) in [6.45, 7) is 4.35. The van der Waals surface area contributed by atoms with Crippen LogP contribution in [0.1, 0.15) is 0 Å². The van der Waals surface area contributed by atoms with E-state index in [1.165, 1.54) is 0 Å². The van der Waals surface area contributed by atoms with Crippen molar-refractivity contribution < 1.29 is 0 Å². The van der Waals surface area contributed by atoms with Crippen molar-refractivity contribution in [2.45, 2.75) is 0 Å². The number of halogens is 1. The quantitative estimate of drug-likeness (QED) is 0.790. The molecule has 1 heterocycles. The monoisotopic (exact) mass is 218 g/mol. The van der Waals surface area contributed by atoms with E-state index in [0.717, 1.165) is 16.3 Å². The van der Waals surface area contributed by atoms with E-state index in [0.29, 0.717) is 0 Å². The molecule has 0 radical (unpaired) electrons. The number of anilines is 1. The van der Waals surface area contributed by atoms with Gasteiger partial charge >= 0.3 is 0 Å². The Morgan fingerprint density at radius 1 is 1.90 bits per heavy atom. The number of nitrogens with one attached hydrogen (secondary N) is 1. The van der Waals surface area contributed by atoms with Crippen LogP contribution in [0.2, 0.25) is 0 Å². The second-order valence-electron chi connectivity index (χ2n) is 1.64. The topological polar surface area (TPSA) is 24.9 Å². The highest BCUT2D eigenvalue weighted by atomic mass is 79.9. The van der Waals surface area contributed by atoms with Gasteiger partial charge in [-0.1, -0.05) is 6.08 Å². The van der Waals surface area contributed by atoms with E-state index in [1.807, 2.05) is 5.38 Å². The lowest BCUT2D eigenvalue weighted by Gasteiger charge is -1.93. The van der Waals surface area contributed by atoms with E-state index >= 15 is 0 Å². The molecule has 0 saturated carbocycles. The van der Waals surface area contributed by atoms with Gasteiger partial charge in [0, 0.05) is 11.9 Å². The van der Waals surface area contributed by atoms with Gasteiger partial charge in [0.25, 0.3) is 0 Å². The zero-order chi connectivity index (χ0) is 7.40. The Kier molecular flexibility index (Phi) is 2.89. The third kappa shape index (κ3) is 2.11. The molecule has 1 aromatic heterocycles. The van der Waals surface area contributed by atoms with Gasteiger partial charge in [-0.3, -0.25) is 0 Å². The molecule has 1 aromatic rings. The Bertz CT molecular complexity index is 221. The Hall–Kier alpha value is -0.350. The first kappa shape index (κ1) is 7.75. The predicted octanol–water partition coefficient (Wildman–Crippen LogP) is 2.50. The Balaban J connectivity index is 2.49. The van der Waals surface area contributed by atoms with Crippen molar-refractivity contribution in [3.63, 3.8) is 0 Å². The second-order valence-corrected chi connectivity index (χ2v) is 3.32. The minimum atomic E-state index is 0.764. The van der Waals surface area contributed by atoms with E-state index in [-0.39, 0.29) is 0 Å². The molecule has 0 bridgehead atoms. The molecule has 1 rings (SSSR count). The van der Waals surface area contributed by atoms with Gasteiger partial charge in [-0.25, -0.2) is 4.98 Å². The van der Waals surface area contributed by atoms with Crippen molar-refractivity contribution in [2.24, 2.45) is 0 Å². The highest BCUT2D eigenvalue weighted by Crippen LogP contribution is 2.18. The number of hydrogen-bond donors (Lipinski definition) is 1. The fourth-order valence-corrected chi connectivity index (χ4v) is 1.65. The van der Waals surface area contributed by atoms with Crippen LogP contribution in [0.15, 0.2) is 22.6 Å². The molecule has 1 N–H and O–H groups in total. The first-order chi connectivity index (χ1) is 4.83. The van der Waals surface area contributed by atoms with E-state index in [4.69, 9.17) is 0 Å². The highest BCUT2D eigenvalue weighted by Gasteiger charge is 1.94. The standard InChI is InChI=1S/C6H7BrN2S/c1-2-3-8-6-9-5(7)4-10-6/h2,4H,1,3H2,(H,8,9). The normalized spacial score (nSPS) is 9.30. The summed E-state index contributed by atoms with van der Waals surface area (Å²) in [5, 5.41) is 5.93. The maximum Gasteiger partial charge on any atom is 0.183 e. The third-order valence-electron chi connectivity index (χ3n) is 0.874. The number of nitrogens with zero attached hydrogens (tertiary/aromatic N) is 1. The van der Waals surface area contributed by atoms with E-state index in [2.05, 4.69) is 32.8 Å². The summed E-state index contributed by atoms with van der Waals surface area (Å²) in [5.41, 5.74) is 0. The van der Waals surface area contributed by atoms with Crippen LogP contribution in [0.25, 0.3) is 0 Å². The molecule has 54 valence electrons. The largest absolute Gasteiger partial charge is 0.358 e. The summed E-state index contributed by atoms with van der Waals surface area (Å²) < 4.78 is 0.879. The Morgan fingerprint density at radius 2 is 2.70 bits per heavy atom. The van der Waals surface area contributed by atoms with E-state index in [1.54, 1.807) is 17.4 Å². The van der Waals surface area contributed by atoms with Crippen molar-refractivity contribution in [2.75, 3.05) is 11.9 Å². The molecular weight excluding hydrogens is 212 g/mol. The molecule has 0 aliphatic rings. The average molecular weight is 219 g/mol. The van der Waals surface area contributed by atoms with Crippen LogP contribution >= 0.6 is 27.3 Å². The van der Waals surface area contributed by atoms with Crippen molar-refractivity contribution >= 4 is 32.4 Å². The Morgan fingerprint density at radius 3 is 3.20 bits per heavy atom. The second kappa shape index (κ2) is 3.73. The van der Waals surface area contributed by atoms with Gasteiger partial charge in [-0.2, -0.15) is 0 Å². The predicted molar refractivity (Wildman–Crippen MR) is 48.5 cm³/mol. The van der Waals surface area contributed by atoms with Gasteiger partial charge in [0.05, 0.1) is 0 Å². The lowest BCUT2D eigenvalue weighted by molar-refractivity contribution is 1.27. The van der Waals surface area contributed by atoms with Crippen LogP contribution in [0.4, 0.5) is 5.13 Å². The summed E-state index contributed by atoms with van der Waals surface area (Å²) in [7, 11) is 0.